The van der Waals surface area contributed by atoms with E-state index in [0.717, 1.165) is 42.6 Å². The Labute approximate surface area is 184 Å². The molecule has 0 radical (unpaired) electrons. The zero-order valence-corrected chi connectivity index (χ0v) is 17.7. The third kappa shape index (κ3) is 3.85. The minimum atomic E-state index is -0.648. The fraction of sp³-hybridized carbons (Fsp3) is 0.391. The standard InChI is InChI=1S/C23H24N4O5/c1-13-16(3-4-17-18(13)12-31-23(17)30)21(28)11-27-8-6-15(7-9-27)24-22(29)14-2-5-19-20(10-14)26-32-25-19/h2-5,10,15,21,28H,6-9,11-12H2,1H3,(H,24,29)/t21-/m0/s1. The van der Waals surface area contributed by atoms with Gasteiger partial charge in [-0.25, -0.2) is 9.42 Å². The smallest absolute Gasteiger partial charge is 0.338 e. The van der Waals surface area contributed by atoms with E-state index in [1.165, 1.54) is 0 Å². The minimum absolute atomic E-state index is 0.0758. The van der Waals surface area contributed by atoms with Crippen molar-refractivity contribution < 1.29 is 24.1 Å². The number of fused-ring (bicyclic) bond motifs is 2. The van der Waals surface area contributed by atoms with Crippen molar-refractivity contribution in [3.63, 3.8) is 0 Å². The SMILES string of the molecule is Cc1c([C@@H](O)CN2CCC(NC(=O)c3ccc4nonc4c3)CC2)ccc2c1COC2=O. The number of cyclic esters (lactones) is 1. The lowest BCUT2D eigenvalue weighted by Crippen LogP contribution is -2.45. The molecule has 32 heavy (non-hydrogen) atoms. The van der Waals surface area contributed by atoms with Crippen molar-refractivity contribution in [2.45, 2.75) is 38.5 Å². The average molecular weight is 436 g/mol. The number of piperidine rings is 1. The molecule has 2 N–H and O–H groups in total. The maximum atomic E-state index is 12.6. The molecule has 0 saturated carbocycles. The van der Waals surface area contributed by atoms with E-state index in [9.17, 15) is 14.7 Å². The summed E-state index contributed by atoms with van der Waals surface area (Å²) in [7, 11) is 0. The highest BCUT2D eigenvalue weighted by Gasteiger charge is 2.27. The molecule has 9 nitrogen and oxygen atoms in total. The molecule has 1 aromatic heterocycles. The summed E-state index contributed by atoms with van der Waals surface area (Å²) in [5.74, 6) is -0.440. The lowest BCUT2D eigenvalue weighted by Gasteiger charge is -2.33. The average Bonchev–Trinajstić information content (AvgIpc) is 3.42. The first-order valence-corrected chi connectivity index (χ1v) is 10.7. The normalized spacial score (nSPS) is 17.9. The van der Waals surface area contributed by atoms with Crippen molar-refractivity contribution in [1.82, 2.24) is 20.5 Å². The van der Waals surface area contributed by atoms with E-state index < -0.39 is 6.10 Å². The van der Waals surface area contributed by atoms with E-state index in [4.69, 9.17) is 4.74 Å². The number of benzene rings is 2. The zero-order valence-electron chi connectivity index (χ0n) is 17.7. The van der Waals surface area contributed by atoms with Crippen LogP contribution in [0.15, 0.2) is 35.0 Å². The van der Waals surface area contributed by atoms with Gasteiger partial charge in [-0.2, -0.15) is 0 Å². The molecule has 0 unspecified atom stereocenters. The van der Waals surface area contributed by atoms with Gasteiger partial charge in [-0.05, 0) is 65.5 Å². The molecule has 2 aliphatic heterocycles. The first kappa shape index (κ1) is 20.6. The Kier molecular flexibility index (Phi) is 5.36. The molecule has 1 fully saturated rings. The third-order valence-electron chi connectivity index (χ3n) is 6.44. The fourth-order valence-corrected chi connectivity index (χ4v) is 4.52. The fourth-order valence-electron chi connectivity index (χ4n) is 4.52. The van der Waals surface area contributed by atoms with Crippen LogP contribution in [0.3, 0.4) is 0 Å². The van der Waals surface area contributed by atoms with Crippen molar-refractivity contribution in [1.29, 1.82) is 0 Å². The molecule has 1 atom stereocenters. The molecular formula is C23H24N4O5. The van der Waals surface area contributed by atoms with E-state index in [0.29, 0.717) is 28.7 Å². The van der Waals surface area contributed by atoms with Gasteiger partial charge in [0.1, 0.15) is 17.6 Å². The van der Waals surface area contributed by atoms with Gasteiger partial charge in [-0.1, -0.05) is 6.07 Å². The Hall–Kier alpha value is -3.30. The molecule has 9 heteroatoms. The highest BCUT2D eigenvalue weighted by atomic mass is 16.6. The summed E-state index contributed by atoms with van der Waals surface area (Å²) in [6.07, 6.45) is 0.958. The van der Waals surface area contributed by atoms with Gasteiger partial charge in [0.2, 0.25) is 0 Å². The first-order chi connectivity index (χ1) is 15.5. The Morgan fingerprint density at radius 1 is 1.22 bits per heavy atom. The molecular weight excluding hydrogens is 412 g/mol. The molecule has 0 aliphatic carbocycles. The second-order valence-corrected chi connectivity index (χ2v) is 8.41. The van der Waals surface area contributed by atoms with Crippen LogP contribution >= 0.6 is 0 Å². The van der Waals surface area contributed by atoms with E-state index in [-0.39, 0.29) is 24.5 Å². The quantitative estimate of drug-likeness (QED) is 0.584. The van der Waals surface area contributed by atoms with E-state index in [1.54, 1.807) is 24.3 Å². The Bertz CT molecular complexity index is 1180. The third-order valence-corrected chi connectivity index (χ3v) is 6.44. The molecule has 1 saturated heterocycles. The summed E-state index contributed by atoms with van der Waals surface area (Å²) in [5.41, 5.74) is 4.91. The van der Waals surface area contributed by atoms with Crippen molar-refractivity contribution in [2.75, 3.05) is 19.6 Å². The van der Waals surface area contributed by atoms with Gasteiger partial charge in [0.05, 0.1) is 11.7 Å². The highest BCUT2D eigenvalue weighted by Crippen LogP contribution is 2.29. The molecule has 5 rings (SSSR count). The number of nitrogens with one attached hydrogen (secondary N) is 1. The van der Waals surface area contributed by atoms with Crippen LogP contribution in [-0.2, 0) is 11.3 Å². The van der Waals surface area contributed by atoms with Crippen LogP contribution in [0.2, 0.25) is 0 Å². The molecule has 1 amide bonds. The summed E-state index contributed by atoms with van der Waals surface area (Å²) < 4.78 is 9.78. The number of amides is 1. The molecule has 2 aromatic carbocycles. The number of likely N-dealkylation sites (tertiary alicyclic amines) is 1. The number of aliphatic hydroxyl groups excluding tert-OH is 1. The maximum Gasteiger partial charge on any atom is 0.338 e. The zero-order chi connectivity index (χ0) is 22.2. The van der Waals surface area contributed by atoms with Gasteiger partial charge in [0, 0.05) is 36.8 Å². The van der Waals surface area contributed by atoms with Gasteiger partial charge < -0.3 is 20.1 Å². The van der Waals surface area contributed by atoms with Crippen LogP contribution in [0, 0.1) is 6.92 Å². The Morgan fingerprint density at radius 3 is 2.81 bits per heavy atom. The van der Waals surface area contributed by atoms with Crippen molar-refractivity contribution in [2.24, 2.45) is 0 Å². The number of hydrogen-bond acceptors (Lipinski definition) is 8. The lowest BCUT2D eigenvalue weighted by atomic mass is 9.94. The highest BCUT2D eigenvalue weighted by molar-refractivity contribution is 5.97. The number of esters is 1. The summed E-state index contributed by atoms with van der Waals surface area (Å²) in [5, 5.41) is 21.4. The predicted octanol–water partition coefficient (Wildman–Crippen LogP) is 2.13. The number of β-amino-alcohol motifs (C(OH)–C–C–N with tert-alkyl or cyclic N) is 1. The maximum absolute atomic E-state index is 12.6. The largest absolute Gasteiger partial charge is 0.457 e. The summed E-state index contributed by atoms with van der Waals surface area (Å²) in [4.78, 5) is 26.5. The van der Waals surface area contributed by atoms with Crippen LogP contribution in [0.5, 0.6) is 0 Å². The Balaban J connectivity index is 1.15. The molecule has 3 heterocycles. The number of hydrogen-bond donors (Lipinski definition) is 2. The predicted molar refractivity (Wildman–Crippen MR) is 114 cm³/mol. The van der Waals surface area contributed by atoms with Gasteiger partial charge in [-0.3, -0.25) is 4.79 Å². The topological polar surface area (TPSA) is 118 Å². The van der Waals surface area contributed by atoms with Crippen LogP contribution in [0.25, 0.3) is 11.0 Å². The van der Waals surface area contributed by atoms with Crippen molar-refractivity contribution in [3.8, 4) is 0 Å². The minimum Gasteiger partial charge on any atom is -0.457 e. The van der Waals surface area contributed by atoms with E-state index in [2.05, 4.69) is 25.2 Å². The first-order valence-electron chi connectivity index (χ1n) is 10.7. The second kappa shape index (κ2) is 8.33. The number of aromatic nitrogens is 2. The molecule has 3 aromatic rings. The number of carbonyl (C=O) groups excluding carboxylic acids is 2. The summed E-state index contributed by atoms with van der Waals surface area (Å²) >= 11 is 0. The van der Waals surface area contributed by atoms with Gasteiger partial charge >= 0.3 is 5.97 Å². The number of ether oxygens (including phenoxy) is 1. The lowest BCUT2D eigenvalue weighted by molar-refractivity contribution is 0.0534. The molecule has 0 spiro atoms. The van der Waals surface area contributed by atoms with Crippen molar-refractivity contribution >= 4 is 22.9 Å². The molecule has 166 valence electrons. The van der Waals surface area contributed by atoms with Gasteiger partial charge in [0.15, 0.2) is 0 Å². The van der Waals surface area contributed by atoms with E-state index in [1.807, 2.05) is 13.0 Å². The number of carbonyl (C=O) groups is 2. The van der Waals surface area contributed by atoms with Crippen LogP contribution in [-0.4, -0.2) is 57.9 Å². The van der Waals surface area contributed by atoms with Crippen LogP contribution < -0.4 is 5.32 Å². The van der Waals surface area contributed by atoms with Crippen LogP contribution in [0.1, 0.15) is 56.4 Å². The van der Waals surface area contributed by atoms with Gasteiger partial charge in [-0.15, -0.1) is 0 Å². The van der Waals surface area contributed by atoms with Gasteiger partial charge in [0.25, 0.3) is 5.91 Å². The van der Waals surface area contributed by atoms with E-state index >= 15 is 0 Å². The number of aliphatic hydroxyl groups is 1. The molecule has 2 aliphatic rings. The second-order valence-electron chi connectivity index (χ2n) is 8.41. The summed E-state index contributed by atoms with van der Waals surface area (Å²) in [6, 6.07) is 8.74. The summed E-state index contributed by atoms with van der Waals surface area (Å²) in [6.45, 7) is 4.25. The molecule has 0 bridgehead atoms. The number of rotatable bonds is 5. The number of nitrogens with zero attached hydrogens (tertiary/aromatic N) is 3. The Morgan fingerprint density at radius 2 is 2.00 bits per heavy atom. The van der Waals surface area contributed by atoms with Crippen LogP contribution in [0.4, 0.5) is 0 Å². The van der Waals surface area contributed by atoms with Crippen molar-refractivity contribution in [3.05, 3.63) is 58.1 Å². The monoisotopic (exact) mass is 436 g/mol.